The first-order valence-electron chi connectivity index (χ1n) is 6.59. The van der Waals surface area contributed by atoms with Crippen molar-refractivity contribution in [2.45, 2.75) is 13.3 Å². The molecule has 0 radical (unpaired) electrons. The lowest BCUT2D eigenvalue weighted by atomic mass is 10.1. The van der Waals surface area contributed by atoms with Crippen LogP contribution in [0.4, 0.5) is 11.7 Å². The molecular weight excluding hydrogens is 286 g/mol. The Kier molecular flexibility index (Phi) is 3.88. The van der Waals surface area contributed by atoms with E-state index in [1.54, 1.807) is 0 Å². The number of anilines is 2. The van der Waals surface area contributed by atoms with E-state index in [0.29, 0.717) is 23.3 Å². The zero-order valence-electron chi connectivity index (χ0n) is 11.5. The number of rotatable bonds is 4. The molecule has 0 aliphatic heterocycles. The molecule has 0 aliphatic rings. The van der Waals surface area contributed by atoms with Gasteiger partial charge in [0.25, 0.3) is 0 Å². The largest absolute Gasteiger partial charge is 0.408 e. The molecule has 0 bridgehead atoms. The highest BCUT2D eigenvalue weighted by molar-refractivity contribution is 6.30. The van der Waals surface area contributed by atoms with Crippen LogP contribution in [-0.4, -0.2) is 10.2 Å². The number of hydrogen-bond acceptors (Lipinski definition) is 4. The Hall–Kier alpha value is -2.33. The molecule has 3 rings (SSSR count). The van der Waals surface area contributed by atoms with Crippen LogP contribution in [-0.2, 0) is 6.42 Å². The number of hydrogen-bond donors (Lipinski definition) is 1. The van der Waals surface area contributed by atoms with Gasteiger partial charge >= 0.3 is 6.01 Å². The minimum Gasteiger partial charge on any atom is -0.408 e. The molecule has 0 amide bonds. The molecule has 0 saturated heterocycles. The fraction of sp³-hybridized carbons (Fsp3) is 0.125. The first kappa shape index (κ1) is 13.6. The highest BCUT2D eigenvalue weighted by Gasteiger charge is 2.07. The van der Waals surface area contributed by atoms with Crippen LogP contribution in [0.1, 0.15) is 17.0 Å². The first-order valence-corrected chi connectivity index (χ1v) is 6.97. The Morgan fingerprint density at radius 3 is 2.43 bits per heavy atom. The molecule has 4 nitrogen and oxygen atoms in total. The maximum absolute atomic E-state index is 5.86. The second-order valence-electron chi connectivity index (χ2n) is 4.80. The lowest BCUT2D eigenvalue weighted by molar-refractivity contribution is 0.521. The zero-order valence-corrected chi connectivity index (χ0v) is 12.3. The molecule has 5 heteroatoms. The van der Waals surface area contributed by atoms with Gasteiger partial charge in [0.15, 0.2) is 0 Å². The number of aryl methyl sites for hydroxylation is 1. The van der Waals surface area contributed by atoms with Crippen LogP contribution in [0.2, 0.25) is 5.02 Å². The summed E-state index contributed by atoms with van der Waals surface area (Å²) in [4.78, 5) is 0. The van der Waals surface area contributed by atoms with Crippen molar-refractivity contribution in [2.75, 3.05) is 5.32 Å². The Balaban J connectivity index is 1.68. The predicted molar refractivity (Wildman–Crippen MR) is 83.0 cm³/mol. The van der Waals surface area contributed by atoms with E-state index >= 15 is 0 Å². The van der Waals surface area contributed by atoms with Crippen LogP contribution < -0.4 is 5.32 Å². The third-order valence-electron chi connectivity index (χ3n) is 3.04. The van der Waals surface area contributed by atoms with Crippen molar-refractivity contribution in [3.05, 3.63) is 70.6 Å². The topological polar surface area (TPSA) is 51.0 Å². The Labute approximate surface area is 127 Å². The average Bonchev–Trinajstić information content (AvgIpc) is 2.91. The van der Waals surface area contributed by atoms with Crippen molar-refractivity contribution in [1.29, 1.82) is 0 Å². The van der Waals surface area contributed by atoms with Crippen molar-refractivity contribution in [3.8, 4) is 0 Å². The number of benzene rings is 2. The molecule has 0 spiro atoms. The summed E-state index contributed by atoms with van der Waals surface area (Å²) in [5.74, 6) is 0.562. The molecule has 2 aromatic carbocycles. The van der Waals surface area contributed by atoms with Crippen molar-refractivity contribution < 1.29 is 4.42 Å². The Bertz CT molecular complexity index is 658. The van der Waals surface area contributed by atoms with Crippen LogP contribution in [0.5, 0.6) is 0 Å². The molecular formula is C16H14ClN3O. The highest BCUT2D eigenvalue weighted by atomic mass is 35.5. The van der Waals surface area contributed by atoms with Gasteiger partial charge < -0.3 is 9.73 Å². The van der Waals surface area contributed by atoms with Gasteiger partial charge in [0.1, 0.15) is 0 Å². The lowest BCUT2D eigenvalue weighted by Crippen LogP contribution is -1.89. The van der Waals surface area contributed by atoms with Gasteiger partial charge in [0, 0.05) is 10.7 Å². The van der Waals surface area contributed by atoms with Gasteiger partial charge in [-0.3, -0.25) is 0 Å². The van der Waals surface area contributed by atoms with Crippen LogP contribution in [0.25, 0.3) is 0 Å². The van der Waals surface area contributed by atoms with Crippen molar-refractivity contribution >= 4 is 23.3 Å². The van der Waals surface area contributed by atoms with Gasteiger partial charge in [-0.1, -0.05) is 46.5 Å². The monoisotopic (exact) mass is 299 g/mol. The highest BCUT2D eigenvalue weighted by Crippen LogP contribution is 2.18. The van der Waals surface area contributed by atoms with Crippen molar-refractivity contribution in [1.82, 2.24) is 10.2 Å². The molecule has 0 fully saturated rings. The van der Waals surface area contributed by atoms with E-state index in [4.69, 9.17) is 16.0 Å². The van der Waals surface area contributed by atoms with E-state index in [2.05, 4.69) is 15.5 Å². The molecule has 106 valence electrons. The van der Waals surface area contributed by atoms with Crippen LogP contribution in [0.3, 0.4) is 0 Å². The lowest BCUT2D eigenvalue weighted by Gasteiger charge is -2.01. The van der Waals surface area contributed by atoms with E-state index in [1.807, 2.05) is 55.5 Å². The molecule has 1 heterocycles. The number of nitrogens with zero attached hydrogens (tertiary/aromatic N) is 2. The third-order valence-corrected chi connectivity index (χ3v) is 3.29. The van der Waals surface area contributed by atoms with Gasteiger partial charge in [-0.25, -0.2) is 0 Å². The quantitative estimate of drug-likeness (QED) is 0.777. The van der Waals surface area contributed by atoms with E-state index < -0.39 is 0 Å². The molecule has 0 saturated carbocycles. The Morgan fingerprint density at radius 1 is 1.00 bits per heavy atom. The molecule has 1 aromatic heterocycles. The maximum Gasteiger partial charge on any atom is 0.320 e. The standard InChI is InChI=1S/C16H14ClN3O/c1-11-2-8-14(9-3-11)18-16-20-19-15(21-16)10-12-4-6-13(17)7-5-12/h2-9H,10H2,1H3,(H,18,20). The summed E-state index contributed by atoms with van der Waals surface area (Å²) in [7, 11) is 0. The number of nitrogens with one attached hydrogen (secondary N) is 1. The van der Waals surface area contributed by atoms with Crippen LogP contribution in [0, 0.1) is 6.92 Å². The maximum atomic E-state index is 5.86. The molecule has 21 heavy (non-hydrogen) atoms. The average molecular weight is 300 g/mol. The second-order valence-corrected chi connectivity index (χ2v) is 5.23. The molecule has 0 aliphatic carbocycles. The third kappa shape index (κ3) is 3.61. The van der Waals surface area contributed by atoms with E-state index in [1.165, 1.54) is 5.56 Å². The van der Waals surface area contributed by atoms with Gasteiger partial charge in [-0.15, -0.1) is 5.10 Å². The summed E-state index contributed by atoms with van der Waals surface area (Å²) in [5.41, 5.74) is 3.20. The van der Waals surface area contributed by atoms with Gasteiger partial charge in [0.05, 0.1) is 6.42 Å². The summed E-state index contributed by atoms with van der Waals surface area (Å²) in [6, 6.07) is 16.0. The molecule has 1 N–H and O–H groups in total. The van der Waals surface area contributed by atoms with Crippen molar-refractivity contribution in [2.24, 2.45) is 0 Å². The summed E-state index contributed by atoms with van der Waals surface area (Å²) in [6.07, 6.45) is 0.583. The minimum absolute atomic E-state index is 0.391. The minimum atomic E-state index is 0.391. The zero-order chi connectivity index (χ0) is 14.7. The van der Waals surface area contributed by atoms with Gasteiger partial charge in [-0.2, -0.15) is 0 Å². The van der Waals surface area contributed by atoms with Crippen molar-refractivity contribution in [3.63, 3.8) is 0 Å². The number of halogens is 1. The summed E-state index contributed by atoms with van der Waals surface area (Å²) >= 11 is 5.86. The number of aromatic nitrogens is 2. The Morgan fingerprint density at radius 2 is 1.71 bits per heavy atom. The molecule has 0 unspecified atom stereocenters. The predicted octanol–water partition coefficient (Wildman–Crippen LogP) is 4.37. The van der Waals surface area contributed by atoms with Gasteiger partial charge in [-0.05, 0) is 36.8 Å². The SMILES string of the molecule is Cc1ccc(Nc2nnc(Cc3ccc(Cl)cc3)o2)cc1. The molecule has 0 atom stereocenters. The fourth-order valence-electron chi connectivity index (χ4n) is 1.91. The fourth-order valence-corrected chi connectivity index (χ4v) is 2.04. The van der Waals surface area contributed by atoms with Crippen LogP contribution >= 0.6 is 11.6 Å². The van der Waals surface area contributed by atoms with Crippen LogP contribution in [0.15, 0.2) is 52.9 Å². The smallest absolute Gasteiger partial charge is 0.320 e. The van der Waals surface area contributed by atoms with E-state index in [-0.39, 0.29) is 0 Å². The normalized spacial score (nSPS) is 10.6. The summed E-state index contributed by atoms with van der Waals surface area (Å²) < 4.78 is 5.59. The summed E-state index contributed by atoms with van der Waals surface area (Å²) in [6.45, 7) is 2.04. The van der Waals surface area contributed by atoms with E-state index in [9.17, 15) is 0 Å². The second kappa shape index (κ2) is 5.97. The first-order chi connectivity index (χ1) is 10.2. The summed E-state index contributed by atoms with van der Waals surface area (Å²) in [5, 5.41) is 11.8. The van der Waals surface area contributed by atoms with Gasteiger partial charge in [0.2, 0.25) is 5.89 Å². The molecule has 3 aromatic rings. The van der Waals surface area contributed by atoms with E-state index in [0.717, 1.165) is 11.3 Å².